The lowest BCUT2D eigenvalue weighted by atomic mass is 10.1. The summed E-state index contributed by atoms with van der Waals surface area (Å²) in [6.45, 7) is 0. The van der Waals surface area contributed by atoms with Crippen LogP contribution in [0, 0.1) is 0 Å². The Hall–Kier alpha value is -3.54. The maximum atomic E-state index is 12.8. The zero-order valence-electron chi connectivity index (χ0n) is 16.6. The Morgan fingerprint density at radius 1 is 0.844 bits per heavy atom. The van der Waals surface area contributed by atoms with Crippen molar-refractivity contribution in [1.29, 1.82) is 0 Å². The lowest BCUT2D eigenvalue weighted by molar-refractivity contribution is 0.0990. The maximum absolute atomic E-state index is 12.8. The highest BCUT2D eigenvalue weighted by atomic mass is 35.5. The van der Waals surface area contributed by atoms with Crippen molar-refractivity contribution in [3.05, 3.63) is 87.1 Å². The first-order chi connectivity index (χ1) is 15.4. The summed E-state index contributed by atoms with van der Waals surface area (Å²) in [4.78, 5) is 25.5. The number of aromatic nitrogens is 1. The number of allylic oxidation sites excluding steroid dienone is 1. The summed E-state index contributed by atoms with van der Waals surface area (Å²) in [5.74, 6) is 0.341. The molecule has 5 nitrogen and oxygen atoms in total. The van der Waals surface area contributed by atoms with Gasteiger partial charge in [0.15, 0.2) is 22.9 Å². The molecule has 0 N–H and O–H groups in total. The molecule has 0 saturated heterocycles. The second-order valence-electron chi connectivity index (χ2n) is 7.66. The summed E-state index contributed by atoms with van der Waals surface area (Å²) < 4.78 is 13.9. The number of hydrogen-bond acceptors (Lipinski definition) is 4. The summed E-state index contributed by atoms with van der Waals surface area (Å²) in [6, 6.07) is 16.3. The van der Waals surface area contributed by atoms with Crippen LogP contribution in [-0.2, 0) is 7.05 Å². The third-order valence-corrected chi connectivity index (χ3v) is 6.48. The lowest BCUT2D eigenvalue weighted by Crippen LogP contribution is -1.99. The lowest BCUT2D eigenvalue weighted by Gasteiger charge is -1.99. The summed E-state index contributed by atoms with van der Waals surface area (Å²) in [6.07, 6.45) is 1.47. The van der Waals surface area contributed by atoms with Gasteiger partial charge in [0.25, 0.3) is 0 Å². The Morgan fingerprint density at radius 3 is 2.19 bits per heavy atom. The number of halogens is 2. The Labute approximate surface area is 191 Å². The van der Waals surface area contributed by atoms with Gasteiger partial charge in [-0.2, -0.15) is 0 Å². The molecule has 1 aliphatic rings. The number of para-hydroxylation sites is 1. The number of hydrogen-bond donors (Lipinski definition) is 0. The highest BCUT2D eigenvalue weighted by molar-refractivity contribution is 6.46. The highest BCUT2D eigenvalue weighted by Gasteiger charge is 2.34. The van der Waals surface area contributed by atoms with Gasteiger partial charge in [-0.25, -0.2) is 0 Å². The van der Waals surface area contributed by atoms with Gasteiger partial charge in [0.1, 0.15) is 11.3 Å². The van der Waals surface area contributed by atoms with Gasteiger partial charge >= 0.3 is 0 Å². The van der Waals surface area contributed by atoms with Gasteiger partial charge in [-0.15, -0.1) is 0 Å². The molecule has 2 aromatic carbocycles. The number of furan rings is 2. The van der Waals surface area contributed by atoms with Crippen molar-refractivity contribution in [2.75, 3.05) is 0 Å². The van der Waals surface area contributed by atoms with Gasteiger partial charge in [-0.05, 0) is 30.3 Å². The van der Waals surface area contributed by atoms with Crippen LogP contribution in [0.2, 0.25) is 10.0 Å². The Morgan fingerprint density at radius 2 is 1.53 bits per heavy atom. The fraction of sp³-hybridized carbons (Fsp3) is 0.0400. The molecule has 0 radical (unpaired) electrons. The van der Waals surface area contributed by atoms with Gasteiger partial charge in [-0.3, -0.25) is 9.59 Å². The van der Waals surface area contributed by atoms with Crippen molar-refractivity contribution >= 4 is 62.9 Å². The SMILES string of the molecule is Cn1c(-c2cc3ccccc3o2)cc2oc(C=C3C(=O)c4cc(Cl)c(Cl)cc4C3=O)cc21. The first-order valence-corrected chi connectivity index (χ1v) is 10.5. The summed E-state index contributed by atoms with van der Waals surface area (Å²) in [5, 5.41) is 1.48. The van der Waals surface area contributed by atoms with Crippen LogP contribution < -0.4 is 0 Å². The molecule has 0 saturated carbocycles. The van der Waals surface area contributed by atoms with Crippen LogP contribution >= 0.6 is 23.2 Å². The number of nitrogens with zero attached hydrogens (tertiary/aromatic N) is 1. The van der Waals surface area contributed by atoms with E-state index in [0.29, 0.717) is 11.3 Å². The van der Waals surface area contributed by atoms with E-state index in [0.717, 1.165) is 27.9 Å². The predicted octanol–water partition coefficient (Wildman–Crippen LogP) is 6.95. The van der Waals surface area contributed by atoms with Crippen LogP contribution in [0.3, 0.4) is 0 Å². The molecule has 0 spiro atoms. The molecule has 32 heavy (non-hydrogen) atoms. The van der Waals surface area contributed by atoms with Gasteiger partial charge in [-0.1, -0.05) is 41.4 Å². The molecule has 7 heteroatoms. The molecule has 0 bridgehead atoms. The number of ketones is 2. The van der Waals surface area contributed by atoms with Gasteiger partial charge in [0.05, 0.1) is 26.8 Å². The van der Waals surface area contributed by atoms with Crippen molar-refractivity contribution < 1.29 is 18.4 Å². The zero-order chi connectivity index (χ0) is 22.1. The molecule has 0 aliphatic heterocycles. The minimum atomic E-state index is -0.396. The molecular weight excluding hydrogens is 449 g/mol. The minimum absolute atomic E-state index is 0.0231. The van der Waals surface area contributed by atoms with E-state index in [4.69, 9.17) is 32.0 Å². The number of carbonyl (C=O) groups excluding carboxylic acids is 2. The van der Waals surface area contributed by atoms with Crippen LogP contribution in [0.25, 0.3) is 39.6 Å². The number of benzene rings is 2. The molecule has 0 atom stereocenters. The van der Waals surface area contributed by atoms with Crippen molar-refractivity contribution in [2.45, 2.75) is 0 Å². The molecule has 3 heterocycles. The normalized spacial score (nSPS) is 13.5. The van der Waals surface area contributed by atoms with Crippen LogP contribution in [0.1, 0.15) is 26.5 Å². The smallest absolute Gasteiger partial charge is 0.197 e. The molecule has 3 aromatic heterocycles. The first-order valence-electron chi connectivity index (χ1n) is 9.79. The summed E-state index contributed by atoms with van der Waals surface area (Å²) in [7, 11) is 1.91. The number of rotatable bonds is 2. The largest absolute Gasteiger partial charge is 0.455 e. The Bertz CT molecular complexity index is 1570. The van der Waals surface area contributed by atoms with Crippen LogP contribution in [0.4, 0.5) is 0 Å². The van der Waals surface area contributed by atoms with E-state index in [1.165, 1.54) is 18.2 Å². The number of carbonyl (C=O) groups is 2. The predicted molar refractivity (Wildman–Crippen MR) is 123 cm³/mol. The standard InChI is InChI=1S/C25H13Cl2NO4/c1-28-19-8-13(7-16-24(29)14-9-17(26)18(27)10-15(14)25(16)30)31-23(19)11-20(28)22-6-12-4-2-3-5-21(12)32-22/h2-11H,1H3. The van der Waals surface area contributed by atoms with E-state index in [-0.39, 0.29) is 26.7 Å². The fourth-order valence-electron chi connectivity index (χ4n) is 4.14. The second kappa shape index (κ2) is 6.73. The van der Waals surface area contributed by atoms with Crippen LogP contribution in [-0.4, -0.2) is 16.1 Å². The van der Waals surface area contributed by atoms with Crippen LogP contribution in [0.5, 0.6) is 0 Å². The molecule has 0 fully saturated rings. The second-order valence-corrected chi connectivity index (χ2v) is 8.48. The van der Waals surface area contributed by atoms with Gasteiger partial charge in [0.2, 0.25) is 0 Å². The monoisotopic (exact) mass is 461 g/mol. The molecule has 5 aromatic rings. The van der Waals surface area contributed by atoms with E-state index in [1.54, 1.807) is 6.07 Å². The number of fused-ring (bicyclic) bond motifs is 3. The van der Waals surface area contributed by atoms with Crippen molar-refractivity contribution in [2.24, 2.45) is 7.05 Å². The first kappa shape index (κ1) is 19.2. The molecular formula is C25H13Cl2NO4. The number of Topliss-reactive ketones (excluding diaryl/α,β-unsaturated/α-hetero) is 2. The third kappa shape index (κ3) is 2.72. The van der Waals surface area contributed by atoms with E-state index in [2.05, 4.69) is 0 Å². The maximum Gasteiger partial charge on any atom is 0.197 e. The Kier molecular flexibility index (Phi) is 4.03. The Balaban J connectivity index is 1.40. The summed E-state index contributed by atoms with van der Waals surface area (Å²) in [5.41, 5.74) is 3.63. The number of aryl methyl sites for hydroxylation is 1. The van der Waals surface area contributed by atoms with Gasteiger partial charge < -0.3 is 13.4 Å². The average Bonchev–Trinajstić information content (AvgIpc) is 3.50. The van der Waals surface area contributed by atoms with E-state index in [9.17, 15) is 9.59 Å². The average molecular weight is 462 g/mol. The molecule has 1 aliphatic carbocycles. The molecule has 0 unspecified atom stereocenters. The van der Waals surface area contributed by atoms with E-state index < -0.39 is 11.6 Å². The topological polar surface area (TPSA) is 65.3 Å². The molecule has 6 rings (SSSR count). The van der Waals surface area contributed by atoms with E-state index >= 15 is 0 Å². The molecule has 156 valence electrons. The van der Waals surface area contributed by atoms with Crippen molar-refractivity contribution in [3.63, 3.8) is 0 Å². The molecule has 0 amide bonds. The quantitative estimate of drug-likeness (QED) is 0.210. The van der Waals surface area contributed by atoms with E-state index in [1.807, 2.05) is 48.0 Å². The zero-order valence-corrected chi connectivity index (χ0v) is 18.1. The highest BCUT2D eigenvalue weighted by Crippen LogP contribution is 2.36. The van der Waals surface area contributed by atoms with Crippen LogP contribution in [0.15, 0.2) is 69.0 Å². The van der Waals surface area contributed by atoms with Gasteiger partial charge in [0, 0.05) is 35.7 Å². The third-order valence-electron chi connectivity index (χ3n) is 5.75. The van der Waals surface area contributed by atoms with Crippen molar-refractivity contribution in [1.82, 2.24) is 4.57 Å². The fourth-order valence-corrected chi connectivity index (χ4v) is 4.46. The summed E-state index contributed by atoms with van der Waals surface area (Å²) >= 11 is 12.0. The van der Waals surface area contributed by atoms with Crippen molar-refractivity contribution in [3.8, 4) is 11.5 Å². The minimum Gasteiger partial charge on any atom is -0.455 e.